The SMILES string of the molecule is CC(=O)N(Cc1nc2ccccc2c(=O)[nH]1)C1CCCCC1. The maximum Gasteiger partial charge on any atom is 0.258 e. The highest BCUT2D eigenvalue weighted by Gasteiger charge is 2.24. The molecule has 0 radical (unpaired) electrons. The van der Waals surface area contributed by atoms with Gasteiger partial charge in [-0.2, -0.15) is 0 Å². The molecule has 0 aliphatic heterocycles. The van der Waals surface area contributed by atoms with Crippen molar-refractivity contribution >= 4 is 16.8 Å². The fourth-order valence-corrected chi connectivity index (χ4v) is 3.26. The molecule has 0 spiro atoms. The Hall–Kier alpha value is -2.17. The largest absolute Gasteiger partial charge is 0.332 e. The molecule has 1 heterocycles. The first kappa shape index (κ1) is 14.8. The Balaban J connectivity index is 1.89. The first-order chi connectivity index (χ1) is 10.6. The molecule has 1 amide bonds. The van der Waals surface area contributed by atoms with Crippen molar-refractivity contribution in [2.45, 2.75) is 51.6 Å². The molecule has 5 heteroatoms. The number of hydrogen-bond acceptors (Lipinski definition) is 3. The van der Waals surface area contributed by atoms with E-state index in [1.807, 2.05) is 23.1 Å². The Bertz CT molecular complexity index is 732. The summed E-state index contributed by atoms with van der Waals surface area (Å²) >= 11 is 0. The number of benzene rings is 1. The van der Waals surface area contributed by atoms with Crippen molar-refractivity contribution in [2.24, 2.45) is 0 Å². The first-order valence-electron chi connectivity index (χ1n) is 7.90. The number of para-hydroxylation sites is 1. The third kappa shape index (κ3) is 3.03. The second kappa shape index (κ2) is 6.30. The smallest absolute Gasteiger partial charge is 0.258 e. The highest BCUT2D eigenvalue weighted by molar-refractivity contribution is 5.77. The lowest BCUT2D eigenvalue weighted by Crippen LogP contribution is -2.40. The lowest BCUT2D eigenvalue weighted by molar-refractivity contribution is -0.132. The van der Waals surface area contributed by atoms with E-state index in [2.05, 4.69) is 9.97 Å². The van der Waals surface area contributed by atoms with Gasteiger partial charge in [0.1, 0.15) is 5.82 Å². The number of carbonyl (C=O) groups excluding carboxylic acids is 1. The van der Waals surface area contributed by atoms with Crippen molar-refractivity contribution in [1.29, 1.82) is 0 Å². The van der Waals surface area contributed by atoms with Gasteiger partial charge in [-0.3, -0.25) is 9.59 Å². The minimum atomic E-state index is -0.146. The highest BCUT2D eigenvalue weighted by Crippen LogP contribution is 2.23. The summed E-state index contributed by atoms with van der Waals surface area (Å²) in [5.74, 6) is 0.604. The van der Waals surface area contributed by atoms with Crippen LogP contribution in [0.3, 0.4) is 0 Å². The molecule has 1 N–H and O–H groups in total. The molecular formula is C17H21N3O2. The molecule has 1 aromatic carbocycles. The van der Waals surface area contributed by atoms with Crippen LogP contribution in [0.25, 0.3) is 10.9 Å². The molecule has 22 heavy (non-hydrogen) atoms. The van der Waals surface area contributed by atoms with Crippen LogP contribution in [0.4, 0.5) is 0 Å². The van der Waals surface area contributed by atoms with Crippen molar-refractivity contribution in [2.75, 3.05) is 0 Å². The van der Waals surface area contributed by atoms with Crippen LogP contribution in [0.2, 0.25) is 0 Å². The van der Waals surface area contributed by atoms with Crippen molar-refractivity contribution in [3.8, 4) is 0 Å². The van der Waals surface area contributed by atoms with Gasteiger partial charge >= 0.3 is 0 Å². The summed E-state index contributed by atoms with van der Waals surface area (Å²) in [6.45, 7) is 1.97. The Kier molecular flexibility index (Phi) is 4.22. The number of H-pyrrole nitrogens is 1. The molecule has 0 atom stereocenters. The molecule has 2 aromatic rings. The summed E-state index contributed by atoms with van der Waals surface area (Å²) in [6, 6.07) is 7.54. The second-order valence-electron chi connectivity index (χ2n) is 5.97. The van der Waals surface area contributed by atoms with Gasteiger partial charge in [0, 0.05) is 13.0 Å². The van der Waals surface area contributed by atoms with Gasteiger partial charge < -0.3 is 9.88 Å². The van der Waals surface area contributed by atoms with Crippen molar-refractivity contribution in [3.63, 3.8) is 0 Å². The summed E-state index contributed by atoms with van der Waals surface area (Å²) in [5, 5.41) is 0.582. The van der Waals surface area contributed by atoms with Gasteiger partial charge in [-0.25, -0.2) is 4.98 Å². The average molecular weight is 299 g/mol. The van der Waals surface area contributed by atoms with E-state index in [1.54, 1.807) is 13.0 Å². The van der Waals surface area contributed by atoms with Crippen LogP contribution in [0.15, 0.2) is 29.1 Å². The first-order valence-corrected chi connectivity index (χ1v) is 7.90. The zero-order valence-corrected chi connectivity index (χ0v) is 12.8. The van der Waals surface area contributed by atoms with Crippen LogP contribution in [-0.2, 0) is 11.3 Å². The summed E-state index contributed by atoms with van der Waals surface area (Å²) in [7, 11) is 0. The molecule has 1 aliphatic rings. The van der Waals surface area contributed by atoms with Crippen LogP contribution in [0, 0.1) is 0 Å². The predicted octanol–water partition coefficient (Wildman–Crippen LogP) is 2.60. The van der Waals surface area contributed by atoms with Gasteiger partial charge in [-0.05, 0) is 25.0 Å². The zero-order valence-electron chi connectivity index (χ0n) is 12.8. The maximum absolute atomic E-state index is 12.1. The molecule has 0 unspecified atom stereocenters. The minimum absolute atomic E-state index is 0.0442. The minimum Gasteiger partial charge on any atom is -0.332 e. The van der Waals surface area contributed by atoms with Crippen LogP contribution in [-0.4, -0.2) is 26.8 Å². The molecule has 116 valence electrons. The third-order valence-corrected chi connectivity index (χ3v) is 4.40. The highest BCUT2D eigenvalue weighted by atomic mass is 16.2. The molecule has 5 nitrogen and oxygen atoms in total. The van der Waals surface area contributed by atoms with Crippen molar-refractivity contribution in [1.82, 2.24) is 14.9 Å². The van der Waals surface area contributed by atoms with Gasteiger partial charge in [0.05, 0.1) is 17.4 Å². The summed E-state index contributed by atoms with van der Waals surface area (Å²) in [5.41, 5.74) is 0.529. The van der Waals surface area contributed by atoms with E-state index >= 15 is 0 Å². The van der Waals surface area contributed by atoms with E-state index in [0.717, 1.165) is 25.7 Å². The monoisotopic (exact) mass is 299 g/mol. The number of rotatable bonds is 3. The number of nitrogens with one attached hydrogen (secondary N) is 1. The predicted molar refractivity (Wildman–Crippen MR) is 85.5 cm³/mol. The Labute approximate surface area is 129 Å². The van der Waals surface area contributed by atoms with E-state index < -0.39 is 0 Å². The number of nitrogens with zero attached hydrogens (tertiary/aromatic N) is 2. The number of aromatic amines is 1. The zero-order chi connectivity index (χ0) is 15.5. The number of fused-ring (bicyclic) bond motifs is 1. The fraction of sp³-hybridized carbons (Fsp3) is 0.471. The lowest BCUT2D eigenvalue weighted by Gasteiger charge is -2.33. The van der Waals surface area contributed by atoms with Gasteiger partial charge in [-0.15, -0.1) is 0 Å². The van der Waals surface area contributed by atoms with E-state index in [-0.39, 0.29) is 17.5 Å². The topological polar surface area (TPSA) is 66.1 Å². The van der Waals surface area contributed by atoms with Crippen molar-refractivity contribution < 1.29 is 4.79 Å². The van der Waals surface area contributed by atoms with Crippen LogP contribution in [0.1, 0.15) is 44.9 Å². The quantitative estimate of drug-likeness (QED) is 0.947. The Morgan fingerprint density at radius 1 is 1.27 bits per heavy atom. The molecule has 3 rings (SSSR count). The van der Waals surface area contributed by atoms with E-state index in [4.69, 9.17) is 0 Å². The van der Waals surface area contributed by atoms with Gasteiger partial charge in [0.25, 0.3) is 5.56 Å². The molecule has 1 aromatic heterocycles. The van der Waals surface area contributed by atoms with Crippen molar-refractivity contribution in [3.05, 3.63) is 40.4 Å². The molecule has 1 saturated carbocycles. The lowest BCUT2D eigenvalue weighted by atomic mass is 9.94. The molecule has 0 saturated heterocycles. The van der Waals surface area contributed by atoms with Gasteiger partial charge in [0.2, 0.25) is 5.91 Å². The Morgan fingerprint density at radius 2 is 2.00 bits per heavy atom. The van der Waals surface area contributed by atoms with Crippen LogP contribution in [0.5, 0.6) is 0 Å². The maximum atomic E-state index is 12.1. The number of amides is 1. The van der Waals surface area contributed by atoms with Crippen LogP contribution < -0.4 is 5.56 Å². The number of aromatic nitrogens is 2. The number of carbonyl (C=O) groups is 1. The van der Waals surface area contributed by atoms with Crippen LogP contribution >= 0.6 is 0 Å². The molecule has 0 bridgehead atoms. The number of hydrogen-bond donors (Lipinski definition) is 1. The standard InChI is InChI=1S/C17H21N3O2/c1-12(21)20(13-7-3-2-4-8-13)11-16-18-15-10-6-5-9-14(15)17(22)19-16/h5-6,9-10,13H,2-4,7-8,11H2,1H3,(H,18,19,22). The van der Waals surface area contributed by atoms with Gasteiger partial charge in [-0.1, -0.05) is 31.4 Å². The fourth-order valence-electron chi connectivity index (χ4n) is 3.26. The molecular weight excluding hydrogens is 278 g/mol. The second-order valence-corrected chi connectivity index (χ2v) is 5.97. The third-order valence-electron chi connectivity index (χ3n) is 4.40. The summed E-state index contributed by atoms with van der Waals surface area (Å²) in [6.07, 6.45) is 5.65. The van der Waals surface area contributed by atoms with E-state index in [1.165, 1.54) is 6.42 Å². The molecule has 1 fully saturated rings. The molecule has 1 aliphatic carbocycles. The normalized spacial score (nSPS) is 15.9. The van der Waals surface area contributed by atoms with Gasteiger partial charge in [0.15, 0.2) is 0 Å². The summed E-state index contributed by atoms with van der Waals surface area (Å²) in [4.78, 5) is 33.3. The average Bonchev–Trinajstić information content (AvgIpc) is 2.53. The summed E-state index contributed by atoms with van der Waals surface area (Å²) < 4.78 is 0. The van der Waals surface area contributed by atoms with E-state index in [0.29, 0.717) is 23.3 Å². The Morgan fingerprint density at radius 3 is 2.73 bits per heavy atom. The van der Waals surface area contributed by atoms with E-state index in [9.17, 15) is 9.59 Å².